The Bertz CT molecular complexity index is 883. The standard InChI is InChI=1S/C20H30N4O2S/c1-8-9-10-11-24(12(2)3)20(26)17-15(6)21-18(27-17)16-13(4)14(5)22-23(7)19(16)25/h12H,8-11H2,1-7H3. The summed E-state index contributed by atoms with van der Waals surface area (Å²) in [6.45, 7) is 12.6. The van der Waals surface area contributed by atoms with Gasteiger partial charge in [-0.3, -0.25) is 9.59 Å². The number of carbonyl (C=O) groups excluding carboxylic acids is 1. The minimum Gasteiger partial charge on any atom is -0.335 e. The molecule has 0 radical (unpaired) electrons. The van der Waals surface area contributed by atoms with Crippen LogP contribution in [0, 0.1) is 20.8 Å². The van der Waals surface area contributed by atoms with E-state index < -0.39 is 0 Å². The van der Waals surface area contributed by atoms with Gasteiger partial charge >= 0.3 is 0 Å². The van der Waals surface area contributed by atoms with Gasteiger partial charge in [0.2, 0.25) is 0 Å². The van der Waals surface area contributed by atoms with Gasteiger partial charge in [-0.25, -0.2) is 9.67 Å². The molecule has 27 heavy (non-hydrogen) atoms. The van der Waals surface area contributed by atoms with Crippen LogP contribution in [0.4, 0.5) is 0 Å². The molecule has 0 fully saturated rings. The molecular formula is C20H30N4O2S. The van der Waals surface area contributed by atoms with Crippen LogP contribution in [0.3, 0.4) is 0 Å². The van der Waals surface area contributed by atoms with Crippen molar-refractivity contribution in [3.63, 3.8) is 0 Å². The molecule has 0 bridgehead atoms. The van der Waals surface area contributed by atoms with Crippen molar-refractivity contribution in [2.24, 2.45) is 7.05 Å². The Morgan fingerprint density at radius 2 is 1.85 bits per heavy atom. The van der Waals surface area contributed by atoms with Crippen LogP contribution in [-0.2, 0) is 7.05 Å². The molecule has 0 spiro atoms. The molecule has 0 aromatic carbocycles. The van der Waals surface area contributed by atoms with E-state index in [0.29, 0.717) is 21.1 Å². The van der Waals surface area contributed by atoms with Gasteiger partial charge in [0.25, 0.3) is 11.5 Å². The van der Waals surface area contributed by atoms with Gasteiger partial charge in [0, 0.05) is 19.6 Å². The van der Waals surface area contributed by atoms with Gasteiger partial charge in [0.1, 0.15) is 9.88 Å². The zero-order valence-corrected chi connectivity index (χ0v) is 18.2. The number of nitrogens with zero attached hydrogens (tertiary/aromatic N) is 4. The minimum absolute atomic E-state index is 0.00241. The average Bonchev–Trinajstić information content (AvgIpc) is 2.98. The molecule has 0 saturated heterocycles. The Balaban J connectivity index is 2.45. The van der Waals surface area contributed by atoms with Crippen LogP contribution in [0.25, 0.3) is 10.6 Å². The molecule has 0 aliphatic heterocycles. The zero-order chi connectivity index (χ0) is 20.3. The van der Waals surface area contributed by atoms with E-state index >= 15 is 0 Å². The van der Waals surface area contributed by atoms with Crippen molar-refractivity contribution in [1.82, 2.24) is 19.7 Å². The molecule has 0 N–H and O–H groups in total. The van der Waals surface area contributed by atoms with E-state index in [1.807, 2.05) is 39.5 Å². The van der Waals surface area contributed by atoms with Crippen molar-refractivity contribution in [2.45, 2.75) is 66.8 Å². The van der Waals surface area contributed by atoms with E-state index in [0.717, 1.165) is 37.1 Å². The van der Waals surface area contributed by atoms with E-state index in [1.54, 1.807) is 7.05 Å². The Morgan fingerprint density at radius 3 is 2.44 bits per heavy atom. The highest BCUT2D eigenvalue weighted by Gasteiger charge is 2.25. The molecule has 7 heteroatoms. The smallest absolute Gasteiger partial charge is 0.277 e. The molecule has 0 saturated carbocycles. The maximum Gasteiger partial charge on any atom is 0.277 e. The summed E-state index contributed by atoms with van der Waals surface area (Å²) in [5.41, 5.74) is 2.64. The highest BCUT2D eigenvalue weighted by molar-refractivity contribution is 7.17. The van der Waals surface area contributed by atoms with Crippen molar-refractivity contribution in [3.8, 4) is 10.6 Å². The van der Waals surface area contributed by atoms with Gasteiger partial charge in [-0.2, -0.15) is 5.10 Å². The maximum absolute atomic E-state index is 13.2. The number of amides is 1. The summed E-state index contributed by atoms with van der Waals surface area (Å²) in [7, 11) is 1.64. The third-order valence-electron chi connectivity index (χ3n) is 4.82. The van der Waals surface area contributed by atoms with E-state index in [4.69, 9.17) is 0 Å². The second-order valence-corrected chi connectivity index (χ2v) is 8.25. The number of unbranched alkanes of at least 4 members (excludes halogenated alkanes) is 2. The van der Waals surface area contributed by atoms with Gasteiger partial charge in [0.05, 0.1) is 17.0 Å². The second-order valence-electron chi connectivity index (χ2n) is 7.25. The lowest BCUT2D eigenvalue weighted by molar-refractivity contribution is 0.0706. The number of rotatable bonds is 7. The number of hydrogen-bond acceptors (Lipinski definition) is 5. The largest absolute Gasteiger partial charge is 0.335 e. The predicted octanol–water partition coefficient (Wildman–Crippen LogP) is 3.87. The summed E-state index contributed by atoms with van der Waals surface area (Å²) < 4.78 is 1.33. The van der Waals surface area contributed by atoms with Crippen LogP contribution in [0.15, 0.2) is 4.79 Å². The highest BCUT2D eigenvalue weighted by Crippen LogP contribution is 2.30. The number of carbonyl (C=O) groups is 1. The normalized spacial score (nSPS) is 11.3. The number of aromatic nitrogens is 3. The summed E-state index contributed by atoms with van der Waals surface area (Å²) in [4.78, 5) is 32.9. The molecular weight excluding hydrogens is 360 g/mol. The molecule has 2 heterocycles. The lowest BCUT2D eigenvalue weighted by atomic mass is 10.1. The van der Waals surface area contributed by atoms with Gasteiger partial charge in [-0.1, -0.05) is 19.8 Å². The summed E-state index contributed by atoms with van der Waals surface area (Å²) in [6.07, 6.45) is 3.22. The van der Waals surface area contributed by atoms with E-state index in [2.05, 4.69) is 17.0 Å². The molecule has 2 aromatic rings. The Kier molecular flexibility index (Phi) is 6.92. The van der Waals surface area contributed by atoms with Gasteiger partial charge in [0.15, 0.2) is 0 Å². The SMILES string of the molecule is CCCCCN(C(=O)c1sc(-c2c(C)c(C)nn(C)c2=O)nc1C)C(C)C. The summed E-state index contributed by atoms with van der Waals surface area (Å²) in [5, 5.41) is 4.82. The van der Waals surface area contributed by atoms with Gasteiger partial charge in [-0.15, -0.1) is 11.3 Å². The van der Waals surface area contributed by atoms with E-state index in [1.165, 1.54) is 16.0 Å². The lowest BCUT2D eigenvalue weighted by Gasteiger charge is -2.26. The summed E-state index contributed by atoms with van der Waals surface area (Å²) in [5.74, 6) is 0.00241. The van der Waals surface area contributed by atoms with Gasteiger partial charge < -0.3 is 4.90 Å². The third-order valence-corrected chi connectivity index (χ3v) is 5.98. The lowest BCUT2D eigenvalue weighted by Crippen LogP contribution is -2.37. The first-order valence-electron chi connectivity index (χ1n) is 9.52. The molecule has 2 rings (SSSR count). The summed E-state index contributed by atoms with van der Waals surface area (Å²) in [6, 6.07) is 0.122. The van der Waals surface area contributed by atoms with E-state index in [9.17, 15) is 9.59 Å². The average molecular weight is 391 g/mol. The molecule has 6 nitrogen and oxygen atoms in total. The first kappa shape index (κ1) is 21.3. The predicted molar refractivity (Wildman–Crippen MR) is 110 cm³/mol. The summed E-state index contributed by atoms with van der Waals surface area (Å²) >= 11 is 1.31. The Morgan fingerprint density at radius 1 is 1.19 bits per heavy atom. The van der Waals surface area contributed by atoms with E-state index in [-0.39, 0.29) is 17.5 Å². The monoisotopic (exact) mass is 390 g/mol. The topological polar surface area (TPSA) is 68.1 Å². The maximum atomic E-state index is 13.2. The molecule has 2 aromatic heterocycles. The van der Waals surface area contributed by atoms with Gasteiger partial charge in [-0.05, 0) is 46.6 Å². The zero-order valence-electron chi connectivity index (χ0n) is 17.4. The fourth-order valence-electron chi connectivity index (χ4n) is 3.06. The second kappa shape index (κ2) is 8.78. The molecule has 0 unspecified atom stereocenters. The third kappa shape index (κ3) is 4.46. The Labute approximate surface area is 165 Å². The van der Waals surface area contributed by atoms with Crippen molar-refractivity contribution in [3.05, 3.63) is 32.2 Å². The van der Waals surface area contributed by atoms with Crippen molar-refractivity contribution in [2.75, 3.05) is 6.54 Å². The first-order chi connectivity index (χ1) is 12.7. The van der Waals surface area contributed by atoms with Crippen molar-refractivity contribution >= 4 is 17.2 Å². The fourth-order valence-corrected chi connectivity index (χ4v) is 4.18. The Hall–Kier alpha value is -2.02. The van der Waals surface area contributed by atoms with Crippen LogP contribution in [0.2, 0.25) is 0 Å². The van der Waals surface area contributed by atoms with Crippen LogP contribution < -0.4 is 5.56 Å². The molecule has 0 aliphatic carbocycles. The number of thiazole rings is 1. The van der Waals surface area contributed by atoms with Crippen LogP contribution in [0.5, 0.6) is 0 Å². The van der Waals surface area contributed by atoms with Crippen molar-refractivity contribution < 1.29 is 4.79 Å². The first-order valence-corrected chi connectivity index (χ1v) is 10.3. The minimum atomic E-state index is -0.186. The number of aryl methyl sites for hydroxylation is 3. The molecule has 0 atom stereocenters. The molecule has 148 valence electrons. The number of hydrogen-bond donors (Lipinski definition) is 0. The molecule has 0 aliphatic rings. The highest BCUT2D eigenvalue weighted by atomic mass is 32.1. The quantitative estimate of drug-likeness (QED) is 0.673. The van der Waals surface area contributed by atoms with Crippen LogP contribution in [-0.4, -0.2) is 38.2 Å². The van der Waals surface area contributed by atoms with Crippen molar-refractivity contribution in [1.29, 1.82) is 0 Å². The fraction of sp³-hybridized carbons (Fsp3) is 0.600. The molecule has 1 amide bonds. The van der Waals surface area contributed by atoms with Crippen LogP contribution >= 0.6 is 11.3 Å². The van der Waals surface area contributed by atoms with Crippen LogP contribution in [0.1, 0.15) is 66.7 Å².